The molecule has 6 atom stereocenters. The van der Waals surface area contributed by atoms with E-state index in [1.54, 1.807) is 0 Å². The topological polar surface area (TPSA) is 237 Å². The standard InChI is InChI=1S/C86H168O17P2/c1-6-10-13-16-19-22-25-28-30-32-33-34-36-42-47-52-57-62-67-72-86(91)103-82(76-97-84(89)70-65-60-55-50-45-40-38-37-39-43-48-53-58-63-68-79(5)9-4)78-101-105(94,95)99-74-80(87)73-98-104(92,93)100-77-81(75-96-83(88)69-64-59-54-49-44-27-24-21-18-15-12-8-3)102-85(90)71-66-61-56-51-46-41-35-31-29-26-23-20-17-14-11-7-2/h79-82,87H,6-78H2,1-5H3,(H,92,93)(H,94,95)/t79?,80-,81+,82+/m0/s1. The normalized spacial score (nSPS) is 14.0. The zero-order valence-electron chi connectivity index (χ0n) is 68.9. The highest BCUT2D eigenvalue weighted by Crippen LogP contribution is 2.45. The van der Waals surface area contributed by atoms with Crippen molar-refractivity contribution < 1.29 is 80.2 Å². The average molecular weight is 1540 g/mol. The van der Waals surface area contributed by atoms with Crippen molar-refractivity contribution >= 4 is 39.5 Å². The van der Waals surface area contributed by atoms with Crippen LogP contribution in [0.2, 0.25) is 0 Å². The van der Waals surface area contributed by atoms with E-state index in [0.717, 1.165) is 95.8 Å². The van der Waals surface area contributed by atoms with E-state index in [1.807, 2.05) is 0 Å². The predicted octanol–water partition coefficient (Wildman–Crippen LogP) is 26.4. The number of phosphoric acid groups is 2. The molecule has 0 saturated carbocycles. The predicted molar refractivity (Wildman–Crippen MR) is 432 cm³/mol. The second kappa shape index (κ2) is 78.7. The summed E-state index contributed by atoms with van der Waals surface area (Å²) in [7, 11) is -9.93. The second-order valence-corrected chi connectivity index (χ2v) is 34.1. The molecular formula is C86H168O17P2. The van der Waals surface area contributed by atoms with Crippen molar-refractivity contribution in [2.24, 2.45) is 5.92 Å². The van der Waals surface area contributed by atoms with Gasteiger partial charge in [0, 0.05) is 25.7 Å². The van der Waals surface area contributed by atoms with Gasteiger partial charge in [0.25, 0.3) is 0 Å². The highest BCUT2D eigenvalue weighted by atomic mass is 31.2. The van der Waals surface area contributed by atoms with Crippen LogP contribution in [0.15, 0.2) is 0 Å². The Morgan fingerprint density at radius 1 is 0.267 bits per heavy atom. The number of unbranched alkanes of at least 4 members (excludes halogenated alkanes) is 57. The Labute approximate surface area is 645 Å². The third kappa shape index (κ3) is 78.5. The Morgan fingerprint density at radius 3 is 0.676 bits per heavy atom. The molecule has 0 aromatic rings. The summed E-state index contributed by atoms with van der Waals surface area (Å²) in [4.78, 5) is 73.3. The summed E-state index contributed by atoms with van der Waals surface area (Å²) >= 11 is 0. The Bertz CT molecular complexity index is 2000. The van der Waals surface area contributed by atoms with Crippen molar-refractivity contribution in [1.82, 2.24) is 0 Å². The summed E-state index contributed by atoms with van der Waals surface area (Å²) in [5.74, 6) is -1.25. The van der Waals surface area contributed by atoms with Gasteiger partial charge in [0.1, 0.15) is 19.3 Å². The molecule has 0 rings (SSSR count). The number of phosphoric ester groups is 2. The van der Waals surface area contributed by atoms with Gasteiger partial charge in [-0.25, -0.2) is 9.13 Å². The molecule has 0 saturated heterocycles. The molecule has 0 aromatic carbocycles. The van der Waals surface area contributed by atoms with Gasteiger partial charge in [-0.15, -0.1) is 0 Å². The molecule has 0 bridgehead atoms. The Morgan fingerprint density at radius 2 is 0.457 bits per heavy atom. The number of hydrogen-bond donors (Lipinski definition) is 3. The number of aliphatic hydroxyl groups excluding tert-OH is 1. The molecule has 3 unspecified atom stereocenters. The zero-order chi connectivity index (χ0) is 76.9. The fourth-order valence-electron chi connectivity index (χ4n) is 13.4. The lowest BCUT2D eigenvalue weighted by Gasteiger charge is -2.21. The van der Waals surface area contributed by atoms with Crippen LogP contribution in [0.3, 0.4) is 0 Å². The average Bonchev–Trinajstić information content (AvgIpc) is 0.908. The lowest BCUT2D eigenvalue weighted by atomic mass is 9.99. The molecule has 0 spiro atoms. The summed E-state index contributed by atoms with van der Waals surface area (Å²) in [6, 6.07) is 0. The first-order valence-electron chi connectivity index (χ1n) is 44.7. The highest BCUT2D eigenvalue weighted by molar-refractivity contribution is 7.47. The SMILES string of the molecule is CCCCCCCCCCCCCCCCCCCCCC(=O)O[C@H](COC(=O)CCCCCCCCCCCCCCCCC(C)CC)COP(=O)(O)OC[C@@H](O)COP(=O)(O)OC[C@@H](COC(=O)CCCCCCCCCCCCCC)OC(=O)CCCCCCCCCCCCCCCCCC. The van der Waals surface area contributed by atoms with E-state index >= 15 is 0 Å². The first-order valence-corrected chi connectivity index (χ1v) is 47.7. The molecule has 0 radical (unpaired) electrons. The molecule has 0 heterocycles. The van der Waals surface area contributed by atoms with Gasteiger partial charge in [-0.2, -0.15) is 0 Å². The quantitative estimate of drug-likeness (QED) is 0.0222. The van der Waals surface area contributed by atoms with Crippen LogP contribution in [-0.4, -0.2) is 96.7 Å². The summed E-state index contributed by atoms with van der Waals surface area (Å²) < 4.78 is 68.9. The smallest absolute Gasteiger partial charge is 0.462 e. The molecule has 0 aromatic heterocycles. The van der Waals surface area contributed by atoms with Crippen LogP contribution in [0.1, 0.15) is 465 Å². The highest BCUT2D eigenvalue weighted by Gasteiger charge is 2.30. The van der Waals surface area contributed by atoms with Crippen LogP contribution < -0.4 is 0 Å². The van der Waals surface area contributed by atoms with Crippen LogP contribution in [0.4, 0.5) is 0 Å². The van der Waals surface area contributed by atoms with Crippen molar-refractivity contribution in [2.45, 2.75) is 483 Å². The minimum Gasteiger partial charge on any atom is -0.462 e. The fraction of sp³-hybridized carbons (Fsp3) is 0.953. The van der Waals surface area contributed by atoms with E-state index < -0.39 is 97.5 Å². The van der Waals surface area contributed by atoms with Gasteiger partial charge in [-0.3, -0.25) is 37.3 Å². The molecule has 0 aliphatic heterocycles. The van der Waals surface area contributed by atoms with Crippen LogP contribution in [0.25, 0.3) is 0 Å². The van der Waals surface area contributed by atoms with Crippen LogP contribution in [-0.2, 0) is 65.4 Å². The Balaban J connectivity index is 5.26. The monoisotopic (exact) mass is 1540 g/mol. The van der Waals surface area contributed by atoms with E-state index in [1.165, 1.54) is 289 Å². The van der Waals surface area contributed by atoms with Gasteiger partial charge in [0.05, 0.1) is 26.4 Å². The first kappa shape index (κ1) is 103. The van der Waals surface area contributed by atoms with Gasteiger partial charge < -0.3 is 33.8 Å². The van der Waals surface area contributed by atoms with Crippen molar-refractivity contribution in [2.75, 3.05) is 39.6 Å². The Hall–Kier alpha value is -1.94. The summed E-state index contributed by atoms with van der Waals surface area (Å²) in [5, 5.41) is 10.7. The molecule has 0 aliphatic carbocycles. The molecule has 17 nitrogen and oxygen atoms in total. The maximum atomic E-state index is 13.1. The van der Waals surface area contributed by atoms with Crippen LogP contribution in [0, 0.1) is 5.92 Å². The number of carbonyl (C=O) groups is 4. The van der Waals surface area contributed by atoms with E-state index in [2.05, 4.69) is 34.6 Å². The zero-order valence-corrected chi connectivity index (χ0v) is 70.7. The maximum Gasteiger partial charge on any atom is 0.472 e. The van der Waals surface area contributed by atoms with Crippen molar-refractivity contribution in [1.29, 1.82) is 0 Å². The van der Waals surface area contributed by atoms with Gasteiger partial charge in [0.2, 0.25) is 0 Å². The molecule has 0 amide bonds. The van der Waals surface area contributed by atoms with Crippen molar-refractivity contribution in [3.8, 4) is 0 Å². The van der Waals surface area contributed by atoms with E-state index in [4.69, 9.17) is 37.0 Å². The number of hydrogen-bond acceptors (Lipinski definition) is 15. The third-order valence-electron chi connectivity index (χ3n) is 20.6. The van der Waals surface area contributed by atoms with Gasteiger partial charge >= 0.3 is 39.5 Å². The molecular weight excluding hydrogens is 1370 g/mol. The summed E-state index contributed by atoms with van der Waals surface area (Å²) in [6.07, 6.45) is 72.0. The van der Waals surface area contributed by atoms with E-state index in [9.17, 15) is 43.2 Å². The molecule has 3 N–H and O–H groups in total. The number of ether oxygens (including phenoxy) is 4. The third-order valence-corrected chi connectivity index (χ3v) is 22.5. The largest absolute Gasteiger partial charge is 0.472 e. The Kier molecular flexibility index (Phi) is 77.3. The van der Waals surface area contributed by atoms with Crippen molar-refractivity contribution in [3.05, 3.63) is 0 Å². The van der Waals surface area contributed by atoms with E-state index in [-0.39, 0.29) is 25.7 Å². The minimum absolute atomic E-state index is 0.109. The van der Waals surface area contributed by atoms with Gasteiger partial charge in [-0.1, -0.05) is 413 Å². The first-order chi connectivity index (χ1) is 51.1. The van der Waals surface area contributed by atoms with Gasteiger partial charge in [0.15, 0.2) is 12.2 Å². The molecule has 0 fully saturated rings. The number of carbonyl (C=O) groups excluding carboxylic acids is 4. The lowest BCUT2D eigenvalue weighted by Crippen LogP contribution is -2.30. The van der Waals surface area contributed by atoms with Crippen LogP contribution >= 0.6 is 15.6 Å². The lowest BCUT2D eigenvalue weighted by molar-refractivity contribution is -0.161. The summed E-state index contributed by atoms with van der Waals surface area (Å²) in [6.45, 7) is 7.43. The maximum absolute atomic E-state index is 13.1. The number of rotatable bonds is 86. The summed E-state index contributed by atoms with van der Waals surface area (Å²) in [5.41, 5.74) is 0. The molecule has 19 heteroatoms. The van der Waals surface area contributed by atoms with E-state index in [0.29, 0.717) is 25.7 Å². The second-order valence-electron chi connectivity index (χ2n) is 31.2. The van der Waals surface area contributed by atoms with Crippen LogP contribution in [0.5, 0.6) is 0 Å². The molecule has 0 aliphatic rings. The minimum atomic E-state index is -4.97. The molecule has 105 heavy (non-hydrogen) atoms. The van der Waals surface area contributed by atoms with Gasteiger partial charge in [-0.05, 0) is 31.6 Å². The number of aliphatic hydroxyl groups is 1. The van der Waals surface area contributed by atoms with Crippen molar-refractivity contribution in [3.63, 3.8) is 0 Å². The fourth-order valence-corrected chi connectivity index (χ4v) is 15.0. The number of esters is 4. The molecule has 624 valence electrons.